The Hall–Kier alpha value is -0.840. The molecule has 15 heavy (non-hydrogen) atoms. The molecule has 0 bridgehead atoms. The zero-order chi connectivity index (χ0) is 11.7. The normalized spacial score (nSPS) is 10.7. The van der Waals surface area contributed by atoms with Gasteiger partial charge < -0.3 is 10.2 Å². The molecule has 4 nitrogen and oxygen atoms in total. The number of hydrogen-bond donors (Lipinski definition) is 0. The number of ketones is 2. The SMILES string of the molecule is CC(=O)/C=C(/C)[O-].CC(=O)/C=C(/C)[O-].[Ag]. The van der Waals surface area contributed by atoms with Crippen molar-refractivity contribution in [2.75, 3.05) is 0 Å². The second-order valence-electron chi connectivity index (χ2n) is 2.73. The number of carbonyl (C=O) groups excluding carboxylic acids is 2. The molecule has 0 aromatic rings. The molecular formula is C10H14AgO4-2. The molecular weight excluding hydrogens is 292 g/mol. The molecule has 0 heterocycles. The number of rotatable bonds is 2. The quantitative estimate of drug-likeness (QED) is 0.398. The molecule has 91 valence electrons. The molecule has 0 aromatic heterocycles. The summed E-state index contributed by atoms with van der Waals surface area (Å²) in [6.07, 6.45) is 2.11. The average molecular weight is 306 g/mol. The van der Waals surface area contributed by atoms with Crippen LogP contribution < -0.4 is 10.2 Å². The molecule has 0 spiro atoms. The van der Waals surface area contributed by atoms with E-state index < -0.39 is 0 Å². The maximum atomic E-state index is 9.98. The molecule has 0 aromatic carbocycles. The van der Waals surface area contributed by atoms with Gasteiger partial charge in [0.25, 0.3) is 0 Å². The smallest absolute Gasteiger partial charge is 0.151 e. The van der Waals surface area contributed by atoms with Crippen molar-refractivity contribution in [2.45, 2.75) is 27.7 Å². The van der Waals surface area contributed by atoms with Gasteiger partial charge in [-0.3, -0.25) is 9.59 Å². The summed E-state index contributed by atoms with van der Waals surface area (Å²) < 4.78 is 0. The average Bonchev–Trinajstić information content (AvgIpc) is 1.79. The van der Waals surface area contributed by atoms with Gasteiger partial charge in [-0.1, -0.05) is 13.8 Å². The van der Waals surface area contributed by atoms with Gasteiger partial charge in [0, 0.05) is 22.4 Å². The van der Waals surface area contributed by atoms with E-state index in [2.05, 4.69) is 0 Å². The minimum Gasteiger partial charge on any atom is -0.876 e. The monoisotopic (exact) mass is 305 g/mol. The standard InChI is InChI=1S/2C5H8O2.Ag/c2*1-4(6)3-5(2)7;/h2*3,6H,1-2H3;/p-2/b2*4-3-;. The summed E-state index contributed by atoms with van der Waals surface area (Å²) in [7, 11) is 0. The van der Waals surface area contributed by atoms with Crippen LogP contribution in [0.25, 0.3) is 0 Å². The Kier molecular flexibility index (Phi) is 14.7. The van der Waals surface area contributed by atoms with Gasteiger partial charge in [-0.15, -0.1) is 11.5 Å². The minimum atomic E-state index is -0.187. The summed E-state index contributed by atoms with van der Waals surface area (Å²) in [6, 6.07) is 0. The first kappa shape index (κ1) is 19.7. The fourth-order valence-electron chi connectivity index (χ4n) is 0.572. The predicted molar refractivity (Wildman–Crippen MR) is 48.9 cm³/mol. The number of hydrogen-bond acceptors (Lipinski definition) is 4. The van der Waals surface area contributed by atoms with Crippen molar-refractivity contribution in [3.05, 3.63) is 23.7 Å². The van der Waals surface area contributed by atoms with Crippen molar-refractivity contribution in [3.8, 4) is 0 Å². The van der Waals surface area contributed by atoms with E-state index in [9.17, 15) is 19.8 Å². The van der Waals surface area contributed by atoms with E-state index in [-0.39, 0.29) is 45.5 Å². The van der Waals surface area contributed by atoms with Crippen LogP contribution in [0.3, 0.4) is 0 Å². The molecule has 0 rings (SSSR count). The van der Waals surface area contributed by atoms with Crippen LogP contribution in [-0.2, 0) is 32.0 Å². The van der Waals surface area contributed by atoms with Crippen molar-refractivity contribution in [3.63, 3.8) is 0 Å². The Morgan fingerprint density at radius 1 is 0.800 bits per heavy atom. The van der Waals surface area contributed by atoms with Gasteiger partial charge in [0.2, 0.25) is 0 Å². The minimum absolute atomic E-state index is 0. The summed E-state index contributed by atoms with van der Waals surface area (Å²) in [5, 5.41) is 20.0. The van der Waals surface area contributed by atoms with E-state index in [0.717, 1.165) is 12.2 Å². The molecule has 0 N–H and O–H groups in total. The van der Waals surface area contributed by atoms with Crippen LogP contribution in [0.15, 0.2) is 23.7 Å². The zero-order valence-corrected chi connectivity index (χ0v) is 10.6. The summed E-state index contributed by atoms with van der Waals surface area (Å²) in [6.45, 7) is 5.39. The Bertz CT molecular complexity index is 231. The Morgan fingerprint density at radius 3 is 1.00 bits per heavy atom. The molecule has 1 radical (unpaired) electrons. The molecule has 0 unspecified atom stereocenters. The van der Waals surface area contributed by atoms with Crippen molar-refractivity contribution in [1.29, 1.82) is 0 Å². The topological polar surface area (TPSA) is 80.3 Å². The molecule has 0 amide bonds. The summed E-state index contributed by atoms with van der Waals surface area (Å²) in [5.74, 6) is -0.750. The van der Waals surface area contributed by atoms with Crippen LogP contribution in [0, 0.1) is 0 Å². The van der Waals surface area contributed by atoms with E-state index in [0.29, 0.717) is 0 Å². The van der Waals surface area contributed by atoms with Gasteiger partial charge in [-0.05, 0) is 26.0 Å². The first-order valence-electron chi connectivity index (χ1n) is 3.97. The van der Waals surface area contributed by atoms with Crippen molar-refractivity contribution in [2.24, 2.45) is 0 Å². The van der Waals surface area contributed by atoms with E-state index >= 15 is 0 Å². The van der Waals surface area contributed by atoms with Gasteiger partial charge in [0.1, 0.15) is 0 Å². The molecule has 0 atom stereocenters. The van der Waals surface area contributed by atoms with E-state index in [1.54, 1.807) is 0 Å². The van der Waals surface area contributed by atoms with Crippen LogP contribution in [0.1, 0.15) is 27.7 Å². The molecule has 0 saturated carbocycles. The fourth-order valence-corrected chi connectivity index (χ4v) is 0.572. The third kappa shape index (κ3) is 32.0. The van der Waals surface area contributed by atoms with Crippen LogP contribution in [0.2, 0.25) is 0 Å². The van der Waals surface area contributed by atoms with Gasteiger partial charge in [0.15, 0.2) is 11.6 Å². The number of carbonyl (C=O) groups is 2. The van der Waals surface area contributed by atoms with Crippen LogP contribution in [0.5, 0.6) is 0 Å². The van der Waals surface area contributed by atoms with E-state index in [1.807, 2.05) is 0 Å². The Labute approximate surface area is 105 Å². The number of allylic oxidation sites excluding steroid dienone is 4. The summed E-state index contributed by atoms with van der Waals surface area (Å²) >= 11 is 0. The molecule has 0 aliphatic rings. The predicted octanol–water partition coefficient (Wildman–Crippen LogP) is -0.324. The summed E-state index contributed by atoms with van der Waals surface area (Å²) in [4.78, 5) is 20.0. The third-order valence-electron chi connectivity index (χ3n) is 0.813. The Balaban J connectivity index is -0.000000180. The van der Waals surface area contributed by atoms with Crippen LogP contribution in [-0.4, -0.2) is 11.6 Å². The van der Waals surface area contributed by atoms with Crippen molar-refractivity contribution < 1.29 is 42.2 Å². The zero-order valence-electron chi connectivity index (χ0n) is 9.09. The maximum Gasteiger partial charge on any atom is 0.151 e. The maximum absolute atomic E-state index is 9.98. The Morgan fingerprint density at radius 2 is 1.00 bits per heavy atom. The molecule has 0 aliphatic carbocycles. The van der Waals surface area contributed by atoms with Crippen molar-refractivity contribution >= 4 is 11.6 Å². The van der Waals surface area contributed by atoms with E-state index in [1.165, 1.54) is 27.7 Å². The first-order chi connectivity index (χ1) is 6.25. The third-order valence-corrected chi connectivity index (χ3v) is 0.813. The molecule has 5 heteroatoms. The second-order valence-corrected chi connectivity index (χ2v) is 2.73. The van der Waals surface area contributed by atoms with Gasteiger partial charge in [-0.2, -0.15) is 0 Å². The van der Waals surface area contributed by atoms with E-state index in [4.69, 9.17) is 0 Å². The largest absolute Gasteiger partial charge is 0.876 e. The fraction of sp³-hybridized carbons (Fsp3) is 0.400. The molecule has 0 fully saturated rings. The van der Waals surface area contributed by atoms with Crippen LogP contribution in [0.4, 0.5) is 0 Å². The van der Waals surface area contributed by atoms with Crippen LogP contribution >= 0.6 is 0 Å². The van der Waals surface area contributed by atoms with Gasteiger partial charge >= 0.3 is 0 Å². The summed E-state index contributed by atoms with van der Waals surface area (Å²) in [5.41, 5.74) is 0. The molecule has 0 aliphatic heterocycles. The van der Waals surface area contributed by atoms with Gasteiger partial charge in [-0.25, -0.2) is 0 Å². The van der Waals surface area contributed by atoms with Crippen molar-refractivity contribution in [1.82, 2.24) is 0 Å². The molecule has 0 saturated heterocycles. The van der Waals surface area contributed by atoms with Gasteiger partial charge in [0.05, 0.1) is 0 Å². The first-order valence-corrected chi connectivity index (χ1v) is 3.97. The second kappa shape index (κ2) is 11.2.